The predicted octanol–water partition coefficient (Wildman–Crippen LogP) is 2.41. The van der Waals surface area contributed by atoms with E-state index in [0.29, 0.717) is 23.1 Å². The second-order valence-corrected chi connectivity index (χ2v) is 5.75. The first-order valence-corrected chi connectivity index (χ1v) is 6.76. The molecule has 0 bridgehead atoms. The van der Waals surface area contributed by atoms with Gasteiger partial charge in [0, 0.05) is 35.2 Å². The minimum atomic E-state index is -0.399. The zero-order valence-corrected chi connectivity index (χ0v) is 12.0. The zero-order chi connectivity index (χ0) is 13.3. The molecule has 0 aromatic heterocycles. The van der Waals surface area contributed by atoms with E-state index in [-0.39, 0.29) is 18.0 Å². The molecule has 18 heavy (non-hydrogen) atoms. The van der Waals surface area contributed by atoms with Crippen LogP contribution in [0.3, 0.4) is 0 Å². The number of hydrogen-bond donors (Lipinski definition) is 1. The number of benzene rings is 1. The average molecular weight is 315 g/mol. The number of piperazine rings is 1. The van der Waals surface area contributed by atoms with Crippen molar-refractivity contribution in [1.29, 1.82) is 0 Å². The van der Waals surface area contributed by atoms with Gasteiger partial charge in [0.1, 0.15) is 5.82 Å². The molecule has 98 valence electrons. The normalized spacial score (nSPS) is 24.1. The summed E-state index contributed by atoms with van der Waals surface area (Å²) in [6.45, 7) is 5.38. The van der Waals surface area contributed by atoms with Gasteiger partial charge in [0.2, 0.25) is 0 Å². The molecule has 0 unspecified atom stereocenters. The average Bonchev–Trinajstić information content (AvgIpc) is 2.25. The van der Waals surface area contributed by atoms with Gasteiger partial charge in [-0.3, -0.25) is 4.79 Å². The van der Waals surface area contributed by atoms with Gasteiger partial charge in [-0.15, -0.1) is 0 Å². The summed E-state index contributed by atoms with van der Waals surface area (Å²) in [4.78, 5) is 14.1. The van der Waals surface area contributed by atoms with Crippen LogP contribution in [0.2, 0.25) is 0 Å². The van der Waals surface area contributed by atoms with Gasteiger partial charge in [-0.05, 0) is 32.0 Å². The number of amides is 1. The highest BCUT2D eigenvalue weighted by atomic mass is 79.9. The first kappa shape index (κ1) is 13.5. The lowest BCUT2D eigenvalue weighted by molar-refractivity contribution is 0.0673. The molecule has 1 heterocycles. The van der Waals surface area contributed by atoms with E-state index in [0.717, 1.165) is 0 Å². The Kier molecular flexibility index (Phi) is 4.02. The van der Waals surface area contributed by atoms with Crippen molar-refractivity contribution in [3.8, 4) is 0 Å². The van der Waals surface area contributed by atoms with Crippen LogP contribution < -0.4 is 5.32 Å². The Labute approximate surface area is 114 Å². The van der Waals surface area contributed by atoms with Gasteiger partial charge in [-0.25, -0.2) is 4.39 Å². The maximum absolute atomic E-state index is 13.3. The molecule has 1 aromatic rings. The van der Waals surface area contributed by atoms with Crippen molar-refractivity contribution in [3.63, 3.8) is 0 Å². The van der Waals surface area contributed by atoms with Crippen LogP contribution in [0.4, 0.5) is 4.39 Å². The molecule has 1 aliphatic rings. The number of hydrogen-bond acceptors (Lipinski definition) is 2. The van der Waals surface area contributed by atoms with Crippen molar-refractivity contribution in [3.05, 3.63) is 34.1 Å². The predicted molar refractivity (Wildman–Crippen MR) is 72.1 cm³/mol. The summed E-state index contributed by atoms with van der Waals surface area (Å²) in [5, 5.41) is 3.36. The Morgan fingerprint density at radius 3 is 2.50 bits per heavy atom. The molecule has 1 N–H and O–H groups in total. The van der Waals surface area contributed by atoms with Crippen LogP contribution in [0.15, 0.2) is 22.7 Å². The highest BCUT2D eigenvalue weighted by Gasteiger charge is 2.25. The minimum Gasteiger partial charge on any atom is -0.336 e. The standard InChI is InChI=1S/C13H16BrFN2O/c1-8-6-17(7-9(2)16-8)13(18)10-3-11(14)5-12(15)4-10/h3-5,8-9,16H,6-7H2,1-2H3/t8-,9-/m1/s1. The molecular weight excluding hydrogens is 299 g/mol. The molecule has 2 atom stereocenters. The van der Waals surface area contributed by atoms with E-state index in [1.54, 1.807) is 11.0 Å². The summed E-state index contributed by atoms with van der Waals surface area (Å²) in [6.07, 6.45) is 0. The molecule has 0 radical (unpaired) electrons. The SMILES string of the molecule is C[C@@H]1CN(C(=O)c2cc(F)cc(Br)c2)C[C@@H](C)N1. The van der Waals surface area contributed by atoms with Gasteiger partial charge in [0.05, 0.1) is 0 Å². The van der Waals surface area contributed by atoms with Crippen molar-refractivity contribution in [2.75, 3.05) is 13.1 Å². The van der Waals surface area contributed by atoms with E-state index >= 15 is 0 Å². The fourth-order valence-corrected chi connectivity index (χ4v) is 2.82. The van der Waals surface area contributed by atoms with Crippen LogP contribution in [0.1, 0.15) is 24.2 Å². The summed E-state index contributed by atoms with van der Waals surface area (Å²) in [5.41, 5.74) is 0.392. The zero-order valence-electron chi connectivity index (χ0n) is 10.4. The molecular formula is C13H16BrFN2O. The van der Waals surface area contributed by atoms with Crippen LogP contribution in [0.25, 0.3) is 0 Å². The molecule has 1 saturated heterocycles. The van der Waals surface area contributed by atoms with E-state index in [2.05, 4.69) is 21.2 Å². The Morgan fingerprint density at radius 2 is 1.94 bits per heavy atom. The van der Waals surface area contributed by atoms with Gasteiger partial charge in [-0.1, -0.05) is 15.9 Å². The van der Waals surface area contributed by atoms with Gasteiger partial charge in [-0.2, -0.15) is 0 Å². The highest BCUT2D eigenvalue weighted by molar-refractivity contribution is 9.10. The quantitative estimate of drug-likeness (QED) is 0.863. The molecule has 5 heteroatoms. The van der Waals surface area contributed by atoms with Crippen molar-refractivity contribution in [2.45, 2.75) is 25.9 Å². The Hall–Kier alpha value is -0.940. The lowest BCUT2D eigenvalue weighted by Gasteiger charge is -2.36. The maximum Gasteiger partial charge on any atom is 0.254 e. The summed E-state index contributed by atoms with van der Waals surface area (Å²) in [7, 11) is 0. The van der Waals surface area contributed by atoms with Gasteiger partial charge < -0.3 is 10.2 Å². The van der Waals surface area contributed by atoms with Crippen molar-refractivity contribution < 1.29 is 9.18 Å². The third kappa shape index (κ3) is 3.09. The number of nitrogens with one attached hydrogen (secondary N) is 1. The number of nitrogens with zero attached hydrogens (tertiary/aromatic N) is 1. The lowest BCUT2D eigenvalue weighted by atomic mass is 10.1. The number of halogens is 2. The fraction of sp³-hybridized carbons (Fsp3) is 0.462. The van der Waals surface area contributed by atoms with E-state index in [1.807, 2.05) is 13.8 Å². The van der Waals surface area contributed by atoms with Gasteiger partial charge >= 0.3 is 0 Å². The molecule has 1 aromatic carbocycles. The summed E-state index contributed by atoms with van der Waals surface area (Å²) >= 11 is 3.21. The largest absolute Gasteiger partial charge is 0.336 e. The monoisotopic (exact) mass is 314 g/mol. The molecule has 1 fully saturated rings. The molecule has 0 aliphatic carbocycles. The molecule has 3 nitrogen and oxygen atoms in total. The van der Waals surface area contributed by atoms with Crippen molar-refractivity contribution in [2.24, 2.45) is 0 Å². The first-order chi connectivity index (χ1) is 8.45. The Balaban J connectivity index is 2.20. The summed E-state index contributed by atoms with van der Waals surface area (Å²) < 4.78 is 13.9. The van der Waals surface area contributed by atoms with Crippen LogP contribution in [0, 0.1) is 5.82 Å². The Morgan fingerprint density at radius 1 is 1.33 bits per heavy atom. The maximum atomic E-state index is 13.3. The van der Waals surface area contributed by atoms with Crippen LogP contribution >= 0.6 is 15.9 Å². The second-order valence-electron chi connectivity index (χ2n) is 4.84. The van der Waals surface area contributed by atoms with Crippen molar-refractivity contribution >= 4 is 21.8 Å². The number of rotatable bonds is 1. The Bertz CT molecular complexity index is 436. The second kappa shape index (κ2) is 5.36. The summed E-state index contributed by atoms with van der Waals surface area (Å²) in [6, 6.07) is 4.80. The molecule has 2 rings (SSSR count). The lowest BCUT2D eigenvalue weighted by Crippen LogP contribution is -2.55. The van der Waals surface area contributed by atoms with E-state index in [1.165, 1.54) is 12.1 Å². The topological polar surface area (TPSA) is 32.3 Å². The van der Waals surface area contributed by atoms with Gasteiger partial charge in [0.15, 0.2) is 0 Å². The first-order valence-electron chi connectivity index (χ1n) is 5.97. The van der Waals surface area contributed by atoms with Gasteiger partial charge in [0.25, 0.3) is 5.91 Å². The summed E-state index contributed by atoms with van der Waals surface area (Å²) in [5.74, 6) is -0.514. The third-order valence-electron chi connectivity index (χ3n) is 2.95. The van der Waals surface area contributed by atoms with Crippen LogP contribution in [-0.2, 0) is 0 Å². The highest BCUT2D eigenvalue weighted by Crippen LogP contribution is 2.17. The molecule has 0 spiro atoms. The number of carbonyl (C=O) groups is 1. The minimum absolute atomic E-state index is 0.115. The smallest absolute Gasteiger partial charge is 0.254 e. The van der Waals surface area contributed by atoms with E-state index < -0.39 is 5.82 Å². The molecule has 1 amide bonds. The fourth-order valence-electron chi connectivity index (χ4n) is 2.35. The van der Waals surface area contributed by atoms with E-state index in [4.69, 9.17) is 0 Å². The van der Waals surface area contributed by atoms with Crippen molar-refractivity contribution in [1.82, 2.24) is 10.2 Å². The number of carbonyl (C=O) groups excluding carboxylic acids is 1. The van der Waals surface area contributed by atoms with Crippen LogP contribution in [-0.4, -0.2) is 36.0 Å². The van der Waals surface area contributed by atoms with E-state index in [9.17, 15) is 9.18 Å². The third-order valence-corrected chi connectivity index (χ3v) is 3.41. The molecule has 1 aliphatic heterocycles. The molecule has 0 saturated carbocycles. The van der Waals surface area contributed by atoms with Crippen LogP contribution in [0.5, 0.6) is 0 Å².